The predicted octanol–water partition coefficient (Wildman–Crippen LogP) is 1.85. The van der Waals surface area contributed by atoms with Crippen molar-refractivity contribution < 1.29 is 4.74 Å². The summed E-state index contributed by atoms with van der Waals surface area (Å²) in [6.07, 6.45) is 2.31. The van der Waals surface area contributed by atoms with Gasteiger partial charge in [-0.25, -0.2) is 0 Å². The Morgan fingerprint density at radius 2 is 2.16 bits per heavy atom. The lowest BCUT2D eigenvalue weighted by Gasteiger charge is -2.26. The van der Waals surface area contributed by atoms with Gasteiger partial charge < -0.3 is 15.0 Å². The van der Waals surface area contributed by atoms with Crippen LogP contribution in [-0.2, 0) is 11.2 Å². The highest BCUT2D eigenvalue weighted by Crippen LogP contribution is 2.08. The number of nitrogens with zero attached hydrogens (tertiary/aromatic N) is 1. The first-order valence-electron chi connectivity index (χ1n) is 7.30. The van der Waals surface area contributed by atoms with Crippen LogP contribution < -0.4 is 5.32 Å². The highest BCUT2D eigenvalue weighted by atomic mass is 16.5. The third kappa shape index (κ3) is 4.94. The summed E-state index contributed by atoms with van der Waals surface area (Å²) in [5.74, 6) is 0. The SMILES string of the molecule is Cc1ccccc1CCN(C)CCC1COCCN1. The minimum Gasteiger partial charge on any atom is -0.379 e. The van der Waals surface area contributed by atoms with Crippen LogP contribution in [0.3, 0.4) is 0 Å². The fraction of sp³-hybridized carbons (Fsp3) is 0.625. The number of rotatable bonds is 6. The molecule has 0 aromatic heterocycles. The van der Waals surface area contributed by atoms with Crippen molar-refractivity contribution in [1.29, 1.82) is 0 Å². The molecule has 0 bridgehead atoms. The Morgan fingerprint density at radius 1 is 1.32 bits per heavy atom. The Labute approximate surface area is 116 Å². The first-order chi connectivity index (χ1) is 9.25. The topological polar surface area (TPSA) is 24.5 Å². The highest BCUT2D eigenvalue weighted by molar-refractivity contribution is 5.25. The zero-order valence-electron chi connectivity index (χ0n) is 12.2. The number of nitrogens with one attached hydrogen (secondary N) is 1. The van der Waals surface area contributed by atoms with Crippen LogP contribution in [0.5, 0.6) is 0 Å². The minimum absolute atomic E-state index is 0.537. The molecule has 1 aliphatic heterocycles. The quantitative estimate of drug-likeness (QED) is 0.847. The van der Waals surface area contributed by atoms with Gasteiger partial charge in [-0.2, -0.15) is 0 Å². The smallest absolute Gasteiger partial charge is 0.0620 e. The van der Waals surface area contributed by atoms with Gasteiger partial charge in [-0.3, -0.25) is 0 Å². The molecule has 1 aromatic rings. The Hall–Kier alpha value is -0.900. The van der Waals surface area contributed by atoms with Crippen molar-refractivity contribution in [2.75, 3.05) is 39.9 Å². The summed E-state index contributed by atoms with van der Waals surface area (Å²) in [4.78, 5) is 2.42. The monoisotopic (exact) mass is 262 g/mol. The predicted molar refractivity (Wildman–Crippen MR) is 79.6 cm³/mol. The molecule has 1 fully saturated rings. The molecule has 3 heteroatoms. The van der Waals surface area contributed by atoms with Crippen molar-refractivity contribution in [1.82, 2.24) is 10.2 Å². The molecular formula is C16H26N2O. The Morgan fingerprint density at radius 3 is 2.89 bits per heavy atom. The average molecular weight is 262 g/mol. The highest BCUT2D eigenvalue weighted by Gasteiger charge is 2.13. The molecule has 1 aromatic carbocycles. The summed E-state index contributed by atoms with van der Waals surface area (Å²) in [5, 5.41) is 3.51. The summed E-state index contributed by atoms with van der Waals surface area (Å²) in [7, 11) is 2.21. The second-order valence-electron chi connectivity index (χ2n) is 5.49. The van der Waals surface area contributed by atoms with Crippen LogP contribution in [0.25, 0.3) is 0 Å². The van der Waals surface area contributed by atoms with Gasteiger partial charge in [0.2, 0.25) is 0 Å². The molecule has 106 valence electrons. The molecular weight excluding hydrogens is 236 g/mol. The maximum absolute atomic E-state index is 5.48. The van der Waals surface area contributed by atoms with E-state index in [4.69, 9.17) is 4.74 Å². The molecule has 2 rings (SSSR count). The first kappa shape index (κ1) is 14.5. The van der Waals surface area contributed by atoms with E-state index >= 15 is 0 Å². The van der Waals surface area contributed by atoms with Crippen LogP contribution in [-0.4, -0.2) is 50.8 Å². The zero-order chi connectivity index (χ0) is 13.5. The zero-order valence-corrected chi connectivity index (χ0v) is 12.2. The van der Waals surface area contributed by atoms with E-state index in [1.165, 1.54) is 17.5 Å². The average Bonchev–Trinajstić information content (AvgIpc) is 2.45. The van der Waals surface area contributed by atoms with Crippen molar-refractivity contribution in [3.05, 3.63) is 35.4 Å². The maximum Gasteiger partial charge on any atom is 0.0620 e. The van der Waals surface area contributed by atoms with E-state index in [1.807, 2.05) is 0 Å². The normalized spacial score (nSPS) is 19.8. The number of morpholine rings is 1. The van der Waals surface area contributed by atoms with Crippen LogP contribution in [0.1, 0.15) is 17.5 Å². The minimum atomic E-state index is 0.537. The second-order valence-corrected chi connectivity index (χ2v) is 5.49. The van der Waals surface area contributed by atoms with Gasteiger partial charge in [-0.1, -0.05) is 24.3 Å². The molecule has 1 aliphatic rings. The number of likely N-dealkylation sites (N-methyl/N-ethyl adjacent to an activating group) is 1. The first-order valence-corrected chi connectivity index (χ1v) is 7.30. The van der Waals surface area contributed by atoms with E-state index in [0.29, 0.717) is 6.04 Å². The molecule has 0 radical (unpaired) electrons. The number of benzene rings is 1. The van der Waals surface area contributed by atoms with Gasteiger partial charge in [-0.15, -0.1) is 0 Å². The van der Waals surface area contributed by atoms with Crippen LogP contribution in [0.4, 0.5) is 0 Å². The van der Waals surface area contributed by atoms with Gasteiger partial charge in [0.05, 0.1) is 13.2 Å². The van der Waals surface area contributed by atoms with Crippen molar-refractivity contribution in [2.45, 2.75) is 25.8 Å². The fourth-order valence-corrected chi connectivity index (χ4v) is 2.50. The summed E-state index contributed by atoms with van der Waals surface area (Å²) in [6.45, 7) is 7.17. The third-order valence-corrected chi connectivity index (χ3v) is 3.88. The van der Waals surface area contributed by atoms with E-state index in [2.05, 4.69) is 48.5 Å². The maximum atomic E-state index is 5.48. The van der Waals surface area contributed by atoms with E-state index in [1.54, 1.807) is 0 Å². The summed E-state index contributed by atoms with van der Waals surface area (Å²) < 4.78 is 5.48. The number of aryl methyl sites for hydroxylation is 1. The molecule has 3 nitrogen and oxygen atoms in total. The summed E-state index contributed by atoms with van der Waals surface area (Å²) >= 11 is 0. The van der Waals surface area contributed by atoms with Crippen LogP contribution >= 0.6 is 0 Å². The summed E-state index contributed by atoms with van der Waals surface area (Å²) in [6, 6.07) is 9.20. The number of ether oxygens (including phenoxy) is 1. The van der Waals surface area contributed by atoms with Crippen LogP contribution in [0.2, 0.25) is 0 Å². The lowest BCUT2D eigenvalue weighted by atomic mass is 10.1. The molecule has 0 saturated carbocycles. The third-order valence-electron chi connectivity index (χ3n) is 3.88. The van der Waals surface area contributed by atoms with Gasteiger partial charge in [0.15, 0.2) is 0 Å². The van der Waals surface area contributed by atoms with Crippen LogP contribution in [0, 0.1) is 6.92 Å². The molecule has 1 unspecified atom stereocenters. The van der Waals surface area contributed by atoms with E-state index < -0.39 is 0 Å². The molecule has 1 atom stereocenters. The second kappa shape index (κ2) is 7.63. The molecule has 0 spiro atoms. The standard InChI is InChI=1S/C16H26N2O/c1-14-5-3-4-6-15(14)7-10-18(2)11-8-16-13-19-12-9-17-16/h3-6,16-17H,7-13H2,1-2H3. The van der Waals surface area contributed by atoms with Gasteiger partial charge >= 0.3 is 0 Å². The molecule has 1 heterocycles. The molecule has 1 N–H and O–H groups in total. The lowest BCUT2D eigenvalue weighted by Crippen LogP contribution is -2.43. The van der Waals surface area contributed by atoms with Gasteiger partial charge in [0.1, 0.15) is 0 Å². The van der Waals surface area contributed by atoms with Crippen molar-refractivity contribution in [3.8, 4) is 0 Å². The largest absolute Gasteiger partial charge is 0.379 e. The van der Waals surface area contributed by atoms with Crippen molar-refractivity contribution in [2.24, 2.45) is 0 Å². The Bertz CT molecular complexity index is 375. The molecule has 1 saturated heterocycles. The van der Waals surface area contributed by atoms with E-state index in [0.717, 1.165) is 39.3 Å². The molecule has 0 amide bonds. The van der Waals surface area contributed by atoms with Crippen molar-refractivity contribution >= 4 is 0 Å². The Kier molecular flexibility index (Phi) is 5.83. The van der Waals surface area contributed by atoms with E-state index in [-0.39, 0.29) is 0 Å². The van der Waals surface area contributed by atoms with Gasteiger partial charge in [-0.05, 0) is 44.5 Å². The molecule has 0 aliphatic carbocycles. The van der Waals surface area contributed by atoms with Crippen LogP contribution in [0.15, 0.2) is 24.3 Å². The Balaban J connectivity index is 1.66. The summed E-state index contributed by atoms with van der Waals surface area (Å²) in [5.41, 5.74) is 2.87. The molecule has 19 heavy (non-hydrogen) atoms. The number of hydrogen-bond donors (Lipinski definition) is 1. The number of hydrogen-bond acceptors (Lipinski definition) is 3. The van der Waals surface area contributed by atoms with Crippen molar-refractivity contribution in [3.63, 3.8) is 0 Å². The van der Waals surface area contributed by atoms with Gasteiger partial charge in [0, 0.05) is 19.1 Å². The van der Waals surface area contributed by atoms with Gasteiger partial charge in [0.25, 0.3) is 0 Å². The fourth-order valence-electron chi connectivity index (χ4n) is 2.50. The van der Waals surface area contributed by atoms with E-state index in [9.17, 15) is 0 Å². The lowest BCUT2D eigenvalue weighted by molar-refractivity contribution is 0.0711.